The van der Waals surface area contributed by atoms with Crippen molar-refractivity contribution in [3.63, 3.8) is 0 Å². The topological polar surface area (TPSA) is 72.3 Å². The summed E-state index contributed by atoms with van der Waals surface area (Å²) < 4.78 is 4.88. The Morgan fingerprint density at radius 1 is 1.73 bits per heavy atom. The van der Waals surface area contributed by atoms with Crippen LogP contribution in [0, 0.1) is 0 Å². The third kappa shape index (κ3) is 1.51. The fourth-order valence-corrected chi connectivity index (χ4v) is 0.686. The van der Waals surface area contributed by atoms with E-state index in [4.69, 9.17) is 15.4 Å². The SMILES string of the molecule is CC(C)(CO)c1cc(N)no1. The molecule has 0 amide bonds. The maximum atomic E-state index is 8.93. The van der Waals surface area contributed by atoms with Crippen LogP contribution < -0.4 is 5.73 Å². The van der Waals surface area contributed by atoms with Crippen molar-refractivity contribution in [1.29, 1.82) is 0 Å². The third-order valence-corrected chi connectivity index (χ3v) is 1.59. The van der Waals surface area contributed by atoms with Gasteiger partial charge in [-0.1, -0.05) is 19.0 Å². The van der Waals surface area contributed by atoms with E-state index in [2.05, 4.69) is 5.16 Å². The van der Waals surface area contributed by atoms with Crippen LogP contribution in [0.5, 0.6) is 0 Å². The van der Waals surface area contributed by atoms with Crippen LogP contribution in [0.25, 0.3) is 0 Å². The Bertz CT molecular complexity index is 242. The van der Waals surface area contributed by atoms with E-state index in [0.29, 0.717) is 11.6 Å². The van der Waals surface area contributed by atoms with E-state index < -0.39 is 5.41 Å². The van der Waals surface area contributed by atoms with Gasteiger partial charge in [0.2, 0.25) is 0 Å². The highest BCUT2D eigenvalue weighted by molar-refractivity contribution is 5.29. The zero-order valence-electron chi connectivity index (χ0n) is 6.66. The van der Waals surface area contributed by atoms with E-state index in [1.807, 2.05) is 13.8 Å². The molecule has 0 aliphatic rings. The Labute approximate surface area is 65.0 Å². The number of nitrogen functional groups attached to an aromatic ring is 1. The highest BCUT2D eigenvalue weighted by Crippen LogP contribution is 2.23. The summed E-state index contributed by atoms with van der Waals surface area (Å²) in [4.78, 5) is 0. The average molecular weight is 156 g/mol. The lowest BCUT2D eigenvalue weighted by Gasteiger charge is -2.16. The lowest BCUT2D eigenvalue weighted by atomic mass is 9.92. The summed E-state index contributed by atoms with van der Waals surface area (Å²) >= 11 is 0. The first-order valence-corrected chi connectivity index (χ1v) is 3.40. The molecule has 0 spiro atoms. The first kappa shape index (κ1) is 8.07. The molecule has 0 saturated carbocycles. The molecule has 0 bridgehead atoms. The van der Waals surface area contributed by atoms with Crippen molar-refractivity contribution in [2.45, 2.75) is 19.3 Å². The molecule has 0 unspecified atom stereocenters. The van der Waals surface area contributed by atoms with E-state index in [1.165, 1.54) is 0 Å². The van der Waals surface area contributed by atoms with E-state index in [0.717, 1.165) is 0 Å². The van der Waals surface area contributed by atoms with Gasteiger partial charge in [-0.25, -0.2) is 0 Å². The molecule has 0 aromatic carbocycles. The molecule has 3 N–H and O–H groups in total. The Morgan fingerprint density at radius 2 is 2.36 bits per heavy atom. The summed E-state index contributed by atoms with van der Waals surface area (Å²) in [7, 11) is 0. The summed E-state index contributed by atoms with van der Waals surface area (Å²) in [5, 5.41) is 12.5. The normalized spacial score (nSPS) is 11.9. The second-order valence-corrected chi connectivity index (χ2v) is 3.16. The summed E-state index contributed by atoms with van der Waals surface area (Å²) in [6.07, 6.45) is 0. The van der Waals surface area contributed by atoms with Gasteiger partial charge < -0.3 is 15.4 Å². The fraction of sp³-hybridized carbons (Fsp3) is 0.571. The molecule has 1 heterocycles. The van der Waals surface area contributed by atoms with E-state index in [9.17, 15) is 0 Å². The lowest BCUT2D eigenvalue weighted by Crippen LogP contribution is -2.21. The molecule has 1 aromatic rings. The van der Waals surface area contributed by atoms with Crippen LogP contribution in [-0.4, -0.2) is 16.9 Å². The van der Waals surface area contributed by atoms with Crippen molar-refractivity contribution in [1.82, 2.24) is 5.16 Å². The number of hydrogen-bond donors (Lipinski definition) is 2. The molecule has 11 heavy (non-hydrogen) atoms. The maximum absolute atomic E-state index is 8.93. The minimum absolute atomic E-state index is 0.0155. The van der Waals surface area contributed by atoms with Crippen molar-refractivity contribution in [3.05, 3.63) is 11.8 Å². The predicted molar refractivity (Wildman–Crippen MR) is 41.0 cm³/mol. The van der Waals surface area contributed by atoms with Gasteiger partial charge in [0.1, 0.15) is 5.76 Å². The highest BCUT2D eigenvalue weighted by Gasteiger charge is 2.24. The molecule has 0 fully saturated rings. The summed E-state index contributed by atoms with van der Waals surface area (Å²) in [5.41, 5.74) is 4.95. The Kier molecular flexibility index (Phi) is 1.87. The van der Waals surface area contributed by atoms with E-state index in [1.54, 1.807) is 6.07 Å². The number of aromatic nitrogens is 1. The molecule has 1 rings (SSSR count). The van der Waals surface area contributed by atoms with Gasteiger partial charge >= 0.3 is 0 Å². The molecular formula is C7H12N2O2. The smallest absolute Gasteiger partial charge is 0.167 e. The summed E-state index contributed by atoms with van der Waals surface area (Å²) in [6.45, 7) is 3.72. The van der Waals surface area contributed by atoms with Crippen LogP contribution in [0.3, 0.4) is 0 Å². The molecule has 4 heteroatoms. The van der Waals surface area contributed by atoms with Crippen molar-refractivity contribution in [3.8, 4) is 0 Å². The number of anilines is 1. The van der Waals surface area contributed by atoms with Crippen molar-refractivity contribution >= 4 is 5.82 Å². The molecule has 0 aliphatic heterocycles. The quantitative estimate of drug-likeness (QED) is 0.655. The number of hydrogen-bond acceptors (Lipinski definition) is 4. The number of aliphatic hydroxyl groups is 1. The van der Waals surface area contributed by atoms with E-state index >= 15 is 0 Å². The van der Waals surface area contributed by atoms with Crippen LogP contribution in [-0.2, 0) is 5.41 Å². The van der Waals surface area contributed by atoms with Crippen LogP contribution in [0.4, 0.5) is 5.82 Å². The fourth-order valence-electron chi connectivity index (χ4n) is 0.686. The second-order valence-electron chi connectivity index (χ2n) is 3.16. The minimum Gasteiger partial charge on any atom is -0.395 e. The average Bonchev–Trinajstić information content (AvgIpc) is 2.36. The molecule has 1 aromatic heterocycles. The molecule has 4 nitrogen and oxygen atoms in total. The molecule has 0 aliphatic carbocycles. The largest absolute Gasteiger partial charge is 0.395 e. The molecule has 0 atom stereocenters. The lowest BCUT2D eigenvalue weighted by molar-refractivity contribution is 0.187. The standard InChI is InChI=1S/C7H12N2O2/c1-7(2,4-10)5-3-6(8)9-11-5/h3,10H,4H2,1-2H3,(H2,8,9). The predicted octanol–water partition coefficient (Wildman–Crippen LogP) is 0.527. The Balaban J connectivity index is 2.92. The molecule has 0 saturated heterocycles. The first-order chi connectivity index (χ1) is 5.06. The zero-order valence-corrected chi connectivity index (χ0v) is 6.66. The van der Waals surface area contributed by atoms with Gasteiger partial charge in [-0.3, -0.25) is 0 Å². The van der Waals surface area contributed by atoms with Crippen molar-refractivity contribution in [2.75, 3.05) is 12.3 Å². The molecular weight excluding hydrogens is 144 g/mol. The van der Waals surface area contributed by atoms with E-state index in [-0.39, 0.29) is 6.61 Å². The van der Waals surface area contributed by atoms with Crippen LogP contribution >= 0.6 is 0 Å². The van der Waals surface area contributed by atoms with Gasteiger partial charge in [0.25, 0.3) is 0 Å². The van der Waals surface area contributed by atoms with Gasteiger partial charge in [-0.2, -0.15) is 0 Å². The second kappa shape index (κ2) is 2.54. The first-order valence-electron chi connectivity index (χ1n) is 3.40. The molecule has 62 valence electrons. The van der Waals surface area contributed by atoms with Crippen LogP contribution in [0.15, 0.2) is 10.6 Å². The summed E-state index contributed by atoms with van der Waals surface area (Å²) in [5.74, 6) is 0.957. The van der Waals surface area contributed by atoms with Gasteiger partial charge in [0, 0.05) is 11.5 Å². The van der Waals surface area contributed by atoms with Gasteiger partial charge in [0.15, 0.2) is 5.82 Å². The summed E-state index contributed by atoms with van der Waals surface area (Å²) in [6, 6.07) is 1.62. The monoisotopic (exact) mass is 156 g/mol. The maximum Gasteiger partial charge on any atom is 0.167 e. The number of nitrogens with zero attached hydrogens (tertiary/aromatic N) is 1. The van der Waals surface area contributed by atoms with Crippen molar-refractivity contribution < 1.29 is 9.63 Å². The van der Waals surface area contributed by atoms with Gasteiger partial charge in [-0.15, -0.1) is 0 Å². The van der Waals surface area contributed by atoms with Crippen molar-refractivity contribution in [2.24, 2.45) is 0 Å². The van der Waals surface area contributed by atoms with Gasteiger partial charge in [-0.05, 0) is 0 Å². The Hall–Kier alpha value is -1.03. The Morgan fingerprint density at radius 3 is 2.73 bits per heavy atom. The van der Waals surface area contributed by atoms with Crippen LogP contribution in [0.2, 0.25) is 0 Å². The molecule has 0 radical (unpaired) electrons. The minimum atomic E-state index is -0.398. The number of rotatable bonds is 2. The highest BCUT2D eigenvalue weighted by atomic mass is 16.5. The number of nitrogens with two attached hydrogens (primary N) is 1. The number of aliphatic hydroxyl groups excluding tert-OH is 1. The van der Waals surface area contributed by atoms with Crippen LogP contribution in [0.1, 0.15) is 19.6 Å². The zero-order chi connectivity index (χ0) is 8.48. The third-order valence-electron chi connectivity index (χ3n) is 1.59. The van der Waals surface area contributed by atoms with Gasteiger partial charge in [0.05, 0.1) is 6.61 Å².